The second-order valence-electron chi connectivity index (χ2n) is 8.06. The summed E-state index contributed by atoms with van der Waals surface area (Å²) < 4.78 is 0. The van der Waals surface area contributed by atoms with Gasteiger partial charge in [0.15, 0.2) is 0 Å². The Hall–Kier alpha value is -3.58. The SMILES string of the molecule is CC1=NC=C(c2ccc3[nH]nc(-c4cc5c(-c6ccsc6)cncc5[nH]4)c3n2)C(C)C1. The van der Waals surface area contributed by atoms with Gasteiger partial charge in [0.1, 0.15) is 11.2 Å². The summed E-state index contributed by atoms with van der Waals surface area (Å²) in [6.07, 6.45) is 6.70. The summed E-state index contributed by atoms with van der Waals surface area (Å²) in [6.45, 7) is 4.30. The lowest BCUT2D eigenvalue weighted by Gasteiger charge is -2.18. The Bertz CT molecular complexity index is 1490. The zero-order chi connectivity index (χ0) is 20.9. The Labute approximate surface area is 182 Å². The van der Waals surface area contributed by atoms with Gasteiger partial charge in [0, 0.05) is 29.1 Å². The van der Waals surface area contributed by atoms with Gasteiger partial charge in [0.05, 0.1) is 28.6 Å². The van der Waals surface area contributed by atoms with E-state index in [1.165, 1.54) is 11.1 Å². The molecule has 5 aromatic heterocycles. The molecule has 5 aromatic rings. The fourth-order valence-corrected chi connectivity index (χ4v) is 4.96. The minimum atomic E-state index is 0.394. The van der Waals surface area contributed by atoms with E-state index in [2.05, 4.69) is 61.9 Å². The van der Waals surface area contributed by atoms with Gasteiger partial charge in [-0.15, -0.1) is 0 Å². The number of aromatic amines is 2. The molecule has 1 atom stereocenters. The molecule has 1 aliphatic rings. The predicted octanol–water partition coefficient (Wildman–Crippen LogP) is 6.07. The number of aromatic nitrogens is 5. The van der Waals surface area contributed by atoms with Crippen molar-refractivity contribution in [3.8, 4) is 22.5 Å². The number of hydrogen-bond acceptors (Lipinski definition) is 5. The Morgan fingerprint density at radius 2 is 2.06 bits per heavy atom. The van der Waals surface area contributed by atoms with Crippen LogP contribution in [-0.2, 0) is 0 Å². The lowest BCUT2D eigenvalue weighted by Crippen LogP contribution is -2.09. The highest BCUT2D eigenvalue weighted by Crippen LogP contribution is 2.35. The standard InChI is InChI=1S/C24H20N6S/c1-13-7-14(2)26-10-17(13)19-3-4-20-23(28-19)24(30-29-20)21-8-16-18(15-5-6-31-12-15)9-25-11-22(16)27-21/h3-6,8-13,27H,7H2,1-2H3,(H,29,30). The highest BCUT2D eigenvalue weighted by atomic mass is 32.1. The third-order valence-corrected chi connectivity index (χ3v) is 6.58. The molecule has 6 nitrogen and oxygen atoms in total. The molecule has 7 heteroatoms. The molecule has 0 fully saturated rings. The third kappa shape index (κ3) is 3.00. The van der Waals surface area contributed by atoms with Crippen LogP contribution < -0.4 is 0 Å². The maximum atomic E-state index is 4.99. The molecule has 0 amide bonds. The Kier molecular flexibility index (Phi) is 4.11. The van der Waals surface area contributed by atoms with E-state index < -0.39 is 0 Å². The van der Waals surface area contributed by atoms with Crippen molar-refractivity contribution >= 4 is 44.6 Å². The minimum absolute atomic E-state index is 0.394. The molecule has 0 aliphatic carbocycles. The van der Waals surface area contributed by atoms with Gasteiger partial charge >= 0.3 is 0 Å². The summed E-state index contributed by atoms with van der Waals surface area (Å²) in [7, 11) is 0. The molecule has 2 N–H and O–H groups in total. The first-order valence-electron chi connectivity index (χ1n) is 10.3. The zero-order valence-corrected chi connectivity index (χ0v) is 18.0. The Morgan fingerprint density at radius 3 is 2.90 bits per heavy atom. The molecular formula is C24H20N6S. The number of allylic oxidation sites excluding steroid dienone is 1. The van der Waals surface area contributed by atoms with Crippen molar-refractivity contribution < 1.29 is 0 Å². The van der Waals surface area contributed by atoms with E-state index in [-0.39, 0.29) is 0 Å². The fraction of sp³-hybridized carbons (Fsp3) is 0.167. The number of aliphatic imine (C=N–C) groups is 1. The van der Waals surface area contributed by atoms with Crippen molar-refractivity contribution in [1.82, 2.24) is 25.1 Å². The number of thiophene rings is 1. The van der Waals surface area contributed by atoms with Gasteiger partial charge in [-0.25, -0.2) is 4.98 Å². The van der Waals surface area contributed by atoms with Crippen molar-refractivity contribution in [2.45, 2.75) is 20.3 Å². The second-order valence-corrected chi connectivity index (χ2v) is 8.84. The van der Waals surface area contributed by atoms with Gasteiger partial charge in [-0.1, -0.05) is 6.92 Å². The largest absolute Gasteiger partial charge is 0.352 e. The second kappa shape index (κ2) is 6.99. The van der Waals surface area contributed by atoms with Crippen molar-refractivity contribution in [2.75, 3.05) is 0 Å². The van der Waals surface area contributed by atoms with Gasteiger partial charge in [0.2, 0.25) is 0 Å². The van der Waals surface area contributed by atoms with Crippen LogP contribution in [0.5, 0.6) is 0 Å². The molecule has 6 heterocycles. The van der Waals surface area contributed by atoms with Crippen LogP contribution in [0, 0.1) is 5.92 Å². The van der Waals surface area contributed by atoms with Crippen molar-refractivity contribution in [2.24, 2.45) is 10.9 Å². The first kappa shape index (κ1) is 18.2. The van der Waals surface area contributed by atoms with E-state index in [0.29, 0.717) is 5.92 Å². The first-order valence-corrected chi connectivity index (χ1v) is 11.2. The lowest BCUT2D eigenvalue weighted by atomic mass is 9.91. The van der Waals surface area contributed by atoms with E-state index in [0.717, 1.165) is 56.7 Å². The monoisotopic (exact) mass is 424 g/mol. The summed E-state index contributed by atoms with van der Waals surface area (Å²) in [5.74, 6) is 0.394. The summed E-state index contributed by atoms with van der Waals surface area (Å²) in [5.41, 5.74) is 10.1. The molecule has 6 rings (SSSR count). The van der Waals surface area contributed by atoms with Crippen LogP contribution >= 0.6 is 11.3 Å². The molecule has 0 bridgehead atoms. The predicted molar refractivity (Wildman–Crippen MR) is 127 cm³/mol. The van der Waals surface area contributed by atoms with Crippen LogP contribution in [0.4, 0.5) is 0 Å². The number of nitrogens with zero attached hydrogens (tertiary/aromatic N) is 4. The Morgan fingerprint density at radius 1 is 1.13 bits per heavy atom. The molecule has 0 aromatic carbocycles. The molecule has 0 radical (unpaired) electrons. The first-order chi connectivity index (χ1) is 15.2. The summed E-state index contributed by atoms with van der Waals surface area (Å²) in [6, 6.07) is 8.36. The van der Waals surface area contributed by atoms with Gasteiger partial charge in [-0.05, 0) is 65.4 Å². The zero-order valence-electron chi connectivity index (χ0n) is 17.2. The van der Waals surface area contributed by atoms with E-state index >= 15 is 0 Å². The van der Waals surface area contributed by atoms with Crippen LogP contribution in [0.2, 0.25) is 0 Å². The van der Waals surface area contributed by atoms with Crippen molar-refractivity contribution in [3.05, 3.63) is 59.3 Å². The molecule has 1 unspecified atom stereocenters. The molecule has 0 spiro atoms. The van der Waals surface area contributed by atoms with Crippen LogP contribution in [0.15, 0.2) is 58.6 Å². The van der Waals surface area contributed by atoms with Gasteiger partial charge in [0.25, 0.3) is 0 Å². The average molecular weight is 425 g/mol. The van der Waals surface area contributed by atoms with E-state index in [1.807, 2.05) is 30.7 Å². The van der Waals surface area contributed by atoms with E-state index in [4.69, 9.17) is 4.98 Å². The number of fused-ring (bicyclic) bond motifs is 2. The number of hydrogen-bond donors (Lipinski definition) is 2. The van der Waals surface area contributed by atoms with Crippen LogP contribution in [0.25, 0.3) is 50.0 Å². The Balaban J connectivity index is 1.49. The highest BCUT2D eigenvalue weighted by Gasteiger charge is 2.20. The fourth-order valence-electron chi connectivity index (χ4n) is 4.31. The van der Waals surface area contributed by atoms with Crippen LogP contribution in [0.1, 0.15) is 26.0 Å². The summed E-state index contributed by atoms with van der Waals surface area (Å²) in [5, 5.41) is 13.1. The number of nitrogens with one attached hydrogen (secondary N) is 2. The summed E-state index contributed by atoms with van der Waals surface area (Å²) >= 11 is 1.68. The highest BCUT2D eigenvalue weighted by molar-refractivity contribution is 7.08. The molecular weight excluding hydrogens is 404 g/mol. The quantitative estimate of drug-likeness (QED) is 0.369. The maximum absolute atomic E-state index is 4.99. The number of pyridine rings is 2. The van der Waals surface area contributed by atoms with Crippen LogP contribution in [0.3, 0.4) is 0 Å². The minimum Gasteiger partial charge on any atom is -0.352 e. The summed E-state index contributed by atoms with van der Waals surface area (Å²) in [4.78, 5) is 17.4. The molecule has 0 saturated heterocycles. The van der Waals surface area contributed by atoms with Gasteiger partial charge < -0.3 is 4.98 Å². The maximum Gasteiger partial charge on any atom is 0.135 e. The van der Waals surface area contributed by atoms with Crippen molar-refractivity contribution in [3.63, 3.8) is 0 Å². The smallest absolute Gasteiger partial charge is 0.135 e. The van der Waals surface area contributed by atoms with E-state index in [1.54, 1.807) is 11.3 Å². The van der Waals surface area contributed by atoms with Crippen LogP contribution in [-0.4, -0.2) is 30.9 Å². The topological polar surface area (TPSA) is 82.6 Å². The van der Waals surface area contributed by atoms with Crippen molar-refractivity contribution in [1.29, 1.82) is 0 Å². The molecule has 152 valence electrons. The average Bonchev–Trinajstić information content (AvgIpc) is 3.51. The van der Waals surface area contributed by atoms with Gasteiger partial charge in [-0.2, -0.15) is 16.4 Å². The number of rotatable bonds is 3. The molecule has 1 aliphatic heterocycles. The van der Waals surface area contributed by atoms with E-state index in [9.17, 15) is 0 Å². The normalized spacial score (nSPS) is 16.6. The third-order valence-electron chi connectivity index (χ3n) is 5.89. The number of H-pyrrole nitrogens is 2. The molecule has 0 saturated carbocycles. The lowest BCUT2D eigenvalue weighted by molar-refractivity contribution is 0.772. The molecule has 31 heavy (non-hydrogen) atoms. The van der Waals surface area contributed by atoms with Gasteiger partial charge in [-0.3, -0.25) is 15.1 Å².